The number of nitrogens with zero attached hydrogens (tertiary/aromatic N) is 3. The first-order chi connectivity index (χ1) is 16.4. The third kappa shape index (κ3) is 5.16. The lowest BCUT2D eigenvalue weighted by Crippen LogP contribution is -2.43. The molecule has 0 aliphatic carbocycles. The molecule has 2 aliphatic rings. The van der Waals surface area contributed by atoms with E-state index in [1.807, 2.05) is 29.2 Å². The van der Waals surface area contributed by atoms with Gasteiger partial charge >= 0.3 is 0 Å². The Bertz CT molecular complexity index is 1250. The van der Waals surface area contributed by atoms with Crippen molar-refractivity contribution in [1.82, 2.24) is 14.6 Å². The number of hydrogen-bond donors (Lipinski definition) is 1. The predicted molar refractivity (Wildman–Crippen MR) is 137 cm³/mol. The fourth-order valence-corrected chi connectivity index (χ4v) is 8.29. The second-order valence-corrected chi connectivity index (χ2v) is 13.3. The van der Waals surface area contributed by atoms with Crippen molar-refractivity contribution in [2.75, 3.05) is 31.1 Å². The number of carbonyl (C=O) groups excluding carboxylic acids is 1. The minimum atomic E-state index is -3.65. The molecule has 3 aromatic rings. The summed E-state index contributed by atoms with van der Waals surface area (Å²) in [6, 6.07) is 10.9. The van der Waals surface area contributed by atoms with E-state index in [1.165, 1.54) is 22.7 Å². The van der Waals surface area contributed by atoms with Gasteiger partial charge in [-0.15, -0.1) is 22.7 Å². The third-order valence-electron chi connectivity index (χ3n) is 6.36. The molecule has 1 amide bonds. The highest BCUT2D eigenvalue weighted by molar-refractivity contribution is 7.91. The van der Waals surface area contributed by atoms with Crippen molar-refractivity contribution in [3.05, 3.63) is 53.1 Å². The number of rotatable bonds is 6. The van der Waals surface area contributed by atoms with Crippen molar-refractivity contribution in [3.8, 4) is 9.75 Å². The molecule has 0 radical (unpaired) electrons. The lowest BCUT2D eigenvalue weighted by Gasteiger charge is -2.34. The fourth-order valence-electron chi connectivity index (χ4n) is 4.58. The quantitative estimate of drug-likeness (QED) is 0.507. The van der Waals surface area contributed by atoms with Crippen molar-refractivity contribution in [2.45, 2.75) is 29.5 Å². The second kappa shape index (κ2) is 9.94. The summed E-state index contributed by atoms with van der Waals surface area (Å²) in [5.41, 5.74) is 1.13. The standard InChI is InChI=1S/C23H25ClN4O3S3/c24-21-3-1-19(32-21)20-2-4-22(33-20)34(30,31)26-17-9-14-28(15-17)23(29)16-7-12-27(13-8-16)18-5-10-25-11-6-18/h1-6,10-11,16-17,26H,7-9,12-15H2. The molecule has 0 saturated carbocycles. The summed E-state index contributed by atoms with van der Waals surface area (Å²) in [6.45, 7) is 2.67. The molecular weight excluding hydrogens is 512 g/mol. The molecule has 0 bridgehead atoms. The van der Waals surface area contributed by atoms with E-state index >= 15 is 0 Å². The van der Waals surface area contributed by atoms with E-state index in [-0.39, 0.29) is 22.1 Å². The van der Waals surface area contributed by atoms with Gasteiger partial charge in [-0.2, -0.15) is 0 Å². The second-order valence-electron chi connectivity index (χ2n) is 8.58. The average Bonchev–Trinajstić information content (AvgIpc) is 3.60. The Hall–Kier alpha value is -1.98. The van der Waals surface area contributed by atoms with Gasteiger partial charge in [0, 0.05) is 66.0 Å². The van der Waals surface area contributed by atoms with E-state index in [1.54, 1.807) is 24.5 Å². The summed E-state index contributed by atoms with van der Waals surface area (Å²) in [7, 11) is -3.65. The first-order valence-corrected chi connectivity index (χ1v) is 14.7. The number of nitrogens with one attached hydrogen (secondary N) is 1. The van der Waals surface area contributed by atoms with E-state index in [0.717, 1.165) is 41.4 Å². The number of piperidine rings is 1. The first-order valence-electron chi connectivity index (χ1n) is 11.2. The van der Waals surface area contributed by atoms with Gasteiger partial charge in [0.05, 0.1) is 4.34 Å². The van der Waals surface area contributed by atoms with Crippen LogP contribution < -0.4 is 9.62 Å². The topological polar surface area (TPSA) is 82.6 Å². The van der Waals surface area contributed by atoms with Crippen LogP contribution in [0.4, 0.5) is 5.69 Å². The van der Waals surface area contributed by atoms with Crippen LogP contribution in [0.3, 0.4) is 0 Å². The van der Waals surface area contributed by atoms with Crippen LogP contribution in [-0.2, 0) is 14.8 Å². The lowest BCUT2D eigenvalue weighted by molar-refractivity contribution is -0.135. The normalized spacial score (nSPS) is 19.6. The van der Waals surface area contributed by atoms with Gasteiger partial charge < -0.3 is 9.80 Å². The highest BCUT2D eigenvalue weighted by Crippen LogP contribution is 2.37. The molecule has 11 heteroatoms. The number of sulfonamides is 1. The maximum Gasteiger partial charge on any atom is 0.250 e. The average molecular weight is 537 g/mol. The van der Waals surface area contributed by atoms with E-state index in [2.05, 4.69) is 14.6 Å². The molecular formula is C23H25ClN4O3S3. The van der Waals surface area contributed by atoms with Crippen LogP contribution in [0, 0.1) is 5.92 Å². The Balaban J connectivity index is 1.15. The molecule has 0 spiro atoms. The molecule has 2 saturated heterocycles. The summed E-state index contributed by atoms with van der Waals surface area (Å²) < 4.78 is 29.7. The van der Waals surface area contributed by atoms with Gasteiger partial charge in [-0.25, -0.2) is 13.1 Å². The minimum absolute atomic E-state index is 0.00841. The Morgan fingerprint density at radius 3 is 2.38 bits per heavy atom. The number of anilines is 1. The van der Waals surface area contributed by atoms with Crippen molar-refractivity contribution in [3.63, 3.8) is 0 Å². The molecule has 180 valence electrons. The van der Waals surface area contributed by atoms with Crippen molar-refractivity contribution in [1.29, 1.82) is 0 Å². The Labute approximate surface area is 212 Å². The summed E-state index contributed by atoms with van der Waals surface area (Å²) in [5.74, 6) is 0.134. The van der Waals surface area contributed by atoms with E-state index < -0.39 is 10.0 Å². The zero-order chi connectivity index (χ0) is 23.7. The van der Waals surface area contributed by atoms with Gasteiger partial charge in [-0.1, -0.05) is 11.6 Å². The van der Waals surface area contributed by atoms with E-state index in [4.69, 9.17) is 11.6 Å². The molecule has 5 rings (SSSR count). The van der Waals surface area contributed by atoms with Crippen LogP contribution in [0.2, 0.25) is 4.34 Å². The zero-order valence-corrected chi connectivity index (χ0v) is 21.6. The van der Waals surface area contributed by atoms with Gasteiger partial charge in [0.2, 0.25) is 15.9 Å². The summed E-state index contributed by atoms with van der Waals surface area (Å²) in [4.78, 5) is 23.1. The number of pyridine rings is 1. The largest absolute Gasteiger partial charge is 0.371 e. The Kier molecular flexibility index (Phi) is 6.95. The molecule has 3 aromatic heterocycles. The Morgan fingerprint density at radius 1 is 0.971 bits per heavy atom. The number of carbonyl (C=O) groups is 1. The minimum Gasteiger partial charge on any atom is -0.371 e. The number of halogens is 1. The monoisotopic (exact) mass is 536 g/mol. The smallest absolute Gasteiger partial charge is 0.250 e. The number of hydrogen-bond acceptors (Lipinski definition) is 7. The SMILES string of the molecule is O=C(C1CCN(c2ccncc2)CC1)N1CCC(NS(=O)(=O)c2ccc(-c3ccc(Cl)s3)s2)C1. The molecule has 2 fully saturated rings. The number of thiophene rings is 2. The Morgan fingerprint density at radius 2 is 1.68 bits per heavy atom. The van der Waals surface area contributed by atoms with Crippen LogP contribution in [0.15, 0.2) is 53.0 Å². The fraction of sp³-hybridized carbons (Fsp3) is 0.391. The molecule has 7 nitrogen and oxygen atoms in total. The van der Waals surface area contributed by atoms with Gasteiger partial charge in [0.25, 0.3) is 0 Å². The van der Waals surface area contributed by atoms with Gasteiger partial charge in [-0.3, -0.25) is 9.78 Å². The molecule has 34 heavy (non-hydrogen) atoms. The number of likely N-dealkylation sites (tertiary alicyclic amines) is 1. The lowest BCUT2D eigenvalue weighted by atomic mass is 9.95. The van der Waals surface area contributed by atoms with Gasteiger partial charge in [0.1, 0.15) is 4.21 Å². The molecule has 0 aromatic carbocycles. The predicted octanol–water partition coefficient (Wildman–Crippen LogP) is 4.32. The zero-order valence-electron chi connectivity index (χ0n) is 18.4. The van der Waals surface area contributed by atoms with Gasteiger partial charge in [0.15, 0.2) is 0 Å². The molecule has 1 atom stereocenters. The van der Waals surface area contributed by atoms with E-state index in [9.17, 15) is 13.2 Å². The summed E-state index contributed by atoms with van der Waals surface area (Å²) in [6.07, 6.45) is 5.80. The van der Waals surface area contributed by atoms with Crippen LogP contribution in [0.5, 0.6) is 0 Å². The van der Waals surface area contributed by atoms with Crippen LogP contribution in [-0.4, -0.2) is 56.4 Å². The number of aromatic nitrogens is 1. The van der Waals surface area contributed by atoms with E-state index in [0.29, 0.717) is 23.8 Å². The number of amides is 1. The molecule has 1 unspecified atom stereocenters. The molecule has 1 N–H and O–H groups in total. The first kappa shape index (κ1) is 23.7. The summed E-state index contributed by atoms with van der Waals surface area (Å²) in [5, 5.41) is 0. The highest BCUT2D eigenvalue weighted by atomic mass is 35.5. The third-order valence-corrected chi connectivity index (χ3v) is 10.9. The molecule has 2 aliphatic heterocycles. The maximum atomic E-state index is 13.1. The van der Waals surface area contributed by atoms with Crippen molar-refractivity contribution in [2.24, 2.45) is 5.92 Å². The maximum absolute atomic E-state index is 13.1. The molecule has 5 heterocycles. The highest BCUT2D eigenvalue weighted by Gasteiger charge is 2.34. The van der Waals surface area contributed by atoms with Crippen molar-refractivity contribution < 1.29 is 13.2 Å². The van der Waals surface area contributed by atoms with Crippen LogP contribution in [0.1, 0.15) is 19.3 Å². The summed E-state index contributed by atoms with van der Waals surface area (Å²) >= 11 is 8.66. The van der Waals surface area contributed by atoms with Crippen LogP contribution in [0.25, 0.3) is 9.75 Å². The van der Waals surface area contributed by atoms with Gasteiger partial charge in [-0.05, 0) is 55.7 Å². The van der Waals surface area contributed by atoms with Crippen molar-refractivity contribution >= 4 is 55.9 Å². The van der Waals surface area contributed by atoms with Crippen LogP contribution >= 0.6 is 34.3 Å².